The lowest BCUT2D eigenvalue weighted by molar-refractivity contribution is 0.102. The summed E-state index contributed by atoms with van der Waals surface area (Å²) < 4.78 is 0.768. The van der Waals surface area contributed by atoms with Crippen molar-refractivity contribution >= 4 is 39.4 Å². The van der Waals surface area contributed by atoms with Crippen LogP contribution in [0, 0.1) is 0 Å². The molecule has 2 aromatic rings. The predicted octanol–water partition coefficient (Wildman–Crippen LogP) is 2.75. The normalized spacial score (nSPS) is 10.5. The number of nitrogens with zero attached hydrogens (tertiary/aromatic N) is 4. The summed E-state index contributed by atoms with van der Waals surface area (Å²) in [5.41, 5.74) is 0.350. The van der Waals surface area contributed by atoms with Gasteiger partial charge in [0.15, 0.2) is 0 Å². The van der Waals surface area contributed by atoms with E-state index < -0.39 is 0 Å². The number of aryl methyl sites for hydroxylation is 1. The minimum Gasteiger partial charge on any atom is -0.288 e. The van der Waals surface area contributed by atoms with Crippen molar-refractivity contribution in [2.75, 3.05) is 5.32 Å². The van der Waals surface area contributed by atoms with Gasteiger partial charge in [-0.15, -0.1) is 5.10 Å². The van der Waals surface area contributed by atoms with Crippen molar-refractivity contribution in [2.24, 2.45) is 0 Å². The Balaban J connectivity index is 2.13. The molecule has 1 heterocycles. The maximum atomic E-state index is 12.0. The monoisotopic (exact) mass is 343 g/mol. The van der Waals surface area contributed by atoms with E-state index in [1.165, 1.54) is 4.80 Å². The highest BCUT2D eigenvalue weighted by Crippen LogP contribution is 2.21. The molecule has 0 spiro atoms. The van der Waals surface area contributed by atoms with Gasteiger partial charge in [-0.2, -0.15) is 4.80 Å². The maximum Gasteiger partial charge on any atom is 0.270 e. The van der Waals surface area contributed by atoms with E-state index >= 15 is 0 Å². The standard InChI is InChI=1S/C11H11BrClN5O/c1-2-5-18-16-11(15-17-18)14-10(19)8-6-7(12)3-4-9(8)13/h3-4,6H,2,5H2,1H3,(H,14,16,19). The van der Waals surface area contributed by atoms with Gasteiger partial charge in [-0.1, -0.05) is 39.6 Å². The van der Waals surface area contributed by atoms with Crippen LogP contribution in [-0.2, 0) is 6.54 Å². The maximum absolute atomic E-state index is 12.0. The second kappa shape index (κ2) is 6.12. The average Bonchev–Trinajstić information content (AvgIpc) is 2.80. The molecule has 0 saturated carbocycles. The summed E-state index contributed by atoms with van der Waals surface area (Å²) in [5.74, 6) is -0.211. The Kier molecular flexibility index (Phi) is 4.49. The van der Waals surface area contributed by atoms with Crippen LogP contribution in [0.4, 0.5) is 5.95 Å². The van der Waals surface area contributed by atoms with Crippen molar-refractivity contribution in [1.82, 2.24) is 20.2 Å². The summed E-state index contributed by atoms with van der Waals surface area (Å²) >= 11 is 9.26. The Hall–Kier alpha value is -1.47. The van der Waals surface area contributed by atoms with Crippen LogP contribution in [-0.4, -0.2) is 26.1 Å². The van der Waals surface area contributed by atoms with Gasteiger partial charge in [0.25, 0.3) is 11.9 Å². The summed E-state index contributed by atoms with van der Waals surface area (Å²) in [6.45, 7) is 2.66. The number of amides is 1. The van der Waals surface area contributed by atoms with E-state index in [2.05, 4.69) is 36.7 Å². The minimum atomic E-state index is -0.373. The molecule has 1 aromatic heterocycles. The van der Waals surface area contributed by atoms with Gasteiger partial charge in [0.1, 0.15) is 0 Å². The SMILES string of the molecule is CCCn1nnc(NC(=O)c2cc(Br)ccc2Cl)n1. The molecule has 0 fully saturated rings. The fourth-order valence-corrected chi connectivity index (χ4v) is 1.99. The summed E-state index contributed by atoms with van der Waals surface area (Å²) in [5, 5.41) is 14.5. The van der Waals surface area contributed by atoms with Crippen molar-refractivity contribution in [3.8, 4) is 0 Å². The molecular formula is C11H11BrClN5O. The summed E-state index contributed by atoms with van der Waals surface area (Å²) in [7, 11) is 0. The summed E-state index contributed by atoms with van der Waals surface area (Å²) in [6, 6.07) is 5.03. The average molecular weight is 345 g/mol. The van der Waals surface area contributed by atoms with Gasteiger partial charge in [0.2, 0.25) is 0 Å². The van der Waals surface area contributed by atoms with E-state index in [9.17, 15) is 4.79 Å². The number of aromatic nitrogens is 4. The number of carbonyl (C=O) groups excluding carboxylic acids is 1. The zero-order valence-corrected chi connectivity index (χ0v) is 12.4. The second-order valence-electron chi connectivity index (χ2n) is 3.79. The number of carbonyl (C=O) groups is 1. The lowest BCUT2D eigenvalue weighted by atomic mass is 10.2. The van der Waals surface area contributed by atoms with E-state index in [0.29, 0.717) is 17.1 Å². The molecule has 0 aliphatic rings. The Morgan fingerprint density at radius 1 is 1.53 bits per heavy atom. The van der Waals surface area contributed by atoms with Gasteiger partial charge in [-0.3, -0.25) is 10.1 Å². The van der Waals surface area contributed by atoms with E-state index in [4.69, 9.17) is 11.6 Å². The molecule has 1 N–H and O–H groups in total. The minimum absolute atomic E-state index is 0.162. The number of halogens is 2. The molecule has 0 unspecified atom stereocenters. The van der Waals surface area contributed by atoms with Crippen LogP contribution >= 0.6 is 27.5 Å². The molecular weight excluding hydrogens is 334 g/mol. The molecule has 0 radical (unpaired) electrons. The number of benzene rings is 1. The molecule has 0 atom stereocenters. The fourth-order valence-electron chi connectivity index (χ4n) is 1.43. The van der Waals surface area contributed by atoms with Gasteiger partial charge in [0.05, 0.1) is 17.1 Å². The van der Waals surface area contributed by atoms with Crippen LogP contribution in [0.25, 0.3) is 0 Å². The van der Waals surface area contributed by atoms with Crippen molar-refractivity contribution in [1.29, 1.82) is 0 Å². The zero-order valence-electron chi connectivity index (χ0n) is 10.1. The number of hydrogen-bond acceptors (Lipinski definition) is 4. The number of nitrogens with one attached hydrogen (secondary N) is 1. The molecule has 0 aliphatic heterocycles. The van der Waals surface area contributed by atoms with Gasteiger partial charge in [0, 0.05) is 4.47 Å². The molecule has 1 amide bonds. The number of hydrogen-bond donors (Lipinski definition) is 1. The molecule has 1 aromatic carbocycles. The number of anilines is 1. The van der Waals surface area contributed by atoms with Gasteiger partial charge in [-0.25, -0.2) is 0 Å². The molecule has 2 rings (SSSR count). The number of rotatable bonds is 4. The van der Waals surface area contributed by atoms with E-state index in [1.54, 1.807) is 18.2 Å². The van der Waals surface area contributed by atoms with Crippen LogP contribution < -0.4 is 5.32 Å². The molecule has 6 nitrogen and oxygen atoms in total. The summed E-state index contributed by atoms with van der Waals surface area (Å²) in [6.07, 6.45) is 0.890. The van der Waals surface area contributed by atoms with Crippen LogP contribution in [0.3, 0.4) is 0 Å². The molecule has 8 heteroatoms. The molecule has 0 aliphatic carbocycles. The molecule has 19 heavy (non-hydrogen) atoms. The van der Waals surface area contributed by atoms with Gasteiger partial charge < -0.3 is 0 Å². The first-order valence-electron chi connectivity index (χ1n) is 5.64. The molecule has 0 bridgehead atoms. The highest BCUT2D eigenvalue weighted by molar-refractivity contribution is 9.10. The third-order valence-corrected chi connectivity index (χ3v) is 3.10. The van der Waals surface area contributed by atoms with Gasteiger partial charge >= 0.3 is 0 Å². The van der Waals surface area contributed by atoms with Gasteiger partial charge in [-0.05, 0) is 29.8 Å². The van der Waals surface area contributed by atoms with Crippen molar-refractivity contribution in [3.05, 3.63) is 33.3 Å². The highest BCUT2D eigenvalue weighted by atomic mass is 79.9. The lowest BCUT2D eigenvalue weighted by Crippen LogP contribution is -2.14. The van der Waals surface area contributed by atoms with E-state index in [1.807, 2.05) is 6.92 Å². The van der Waals surface area contributed by atoms with Crippen LogP contribution in [0.2, 0.25) is 5.02 Å². The predicted molar refractivity (Wildman–Crippen MR) is 75.2 cm³/mol. The Morgan fingerprint density at radius 2 is 2.32 bits per heavy atom. The van der Waals surface area contributed by atoms with Crippen LogP contribution in [0.5, 0.6) is 0 Å². The lowest BCUT2D eigenvalue weighted by Gasteiger charge is -2.03. The Labute approximate surface area is 123 Å². The van der Waals surface area contributed by atoms with Crippen LogP contribution in [0.15, 0.2) is 22.7 Å². The topological polar surface area (TPSA) is 72.7 Å². The number of tetrazole rings is 1. The Bertz CT molecular complexity index is 601. The first-order chi connectivity index (χ1) is 9.10. The van der Waals surface area contributed by atoms with E-state index in [0.717, 1.165) is 10.9 Å². The smallest absolute Gasteiger partial charge is 0.270 e. The molecule has 0 saturated heterocycles. The first-order valence-corrected chi connectivity index (χ1v) is 6.81. The largest absolute Gasteiger partial charge is 0.288 e. The van der Waals surface area contributed by atoms with Crippen LogP contribution in [0.1, 0.15) is 23.7 Å². The fraction of sp³-hybridized carbons (Fsp3) is 0.273. The third kappa shape index (κ3) is 3.51. The third-order valence-electron chi connectivity index (χ3n) is 2.27. The second-order valence-corrected chi connectivity index (χ2v) is 5.11. The quantitative estimate of drug-likeness (QED) is 0.925. The first kappa shape index (κ1) is 14.0. The van der Waals surface area contributed by atoms with Crippen molar-refractivity contribution in [3.63, 3.8) is 0 Å². The Morgan fingerprint density at radius 3 is 3.05 bits per heavy atom. The zero-order chi connectivity index (χ0) is 13.8. The summed E-state index contributed by atoms with van der Waals surface area (Å²) in [4.78, 5) is 13.4. The molecule has 100 valence electrons. The van der Waals surface area contributed by atoms with Crippen molar-refractivity contribution < 1.29 is 4.79 Å². The van der Waals surface area contributed by atoms with Crippen molar-refractivity contribution in [2.45, 2.75) is 19.9 Å². The van der Waals surface area contributed by atoms with E-state index in [-0.39, 0.29) is 11.9 Å². The highest BCUT2D eigenvalue weighted by Gasteiger charge is 2.13.